The molecule has 0 amide bonds. The summed E-state index contributed by atoms with van der Waals surface area (Å²) in [5.41, 5.74) is 7.35. The second-order valence-electron chi connectivity index (χ2n) is 4.87. The van der Waals surface area contributed by atoms with E-state index in [0.29, 0.717) is 0 Å². The molecule has 2 nitrogen and oxygen atoms in total. The summed E-state index contributed by atoms with van der Waals surface area (Å²) in [6, 6.07) is 15.4. The van der Waals surface area contributed by atoms with Crippen molar-refractivity contribution < 1.29 is 0 Å². The van der Waals surface area contributed by atoms with Crippen LogP contribution >= 0.6 is 0 Å². The largest absolute Gasteiger partial charge is 0.326 e. The molecule has 2 heteroatoms. The lowest BCUT2D eigenvalue weighted by Gasteiger charge is -2.28. The quantitative estimate of drug-likeness (QED) is 0.875. The molecule has 0 saturated carbocycles. The summed E-state index contributed by atoms with van der Waals surface area (Å²) < 4.78 is 0. The van der Waals surface area contributed by atoms with Gasteiger partial charge >= 0.3 is 0 Å². The summed E-state index contributed by atoms with van der Waals surface area (Å²) in [5, 5.41) is 2.55. The molecular formula is C15H20N2. The Labute approximate surface area is 103 Å². The predicted octanol–water partition coefficient (Wildman–Crippen LogP) is 2.79. The van der Waals surface area contributed by atoms with E-state index in [1.165, 1.54) is 16.3 Å². The van der Waals surface area contributed by atoms with Gasteiger partial charge in [-0.25, -0.2) is 0 Å². The third kappa shape index (κ3) is 2.48. The van der Waals surface area contributed by atoms with Crippen molar-refractivity contribution in [1.82, 2.24) is 4.90 Å². The second-order valence-corrected chi connectivity index (χ2v) is 4.87. The van der Waals surface area contributed by atoms with E-state index >= 15 is 0 Å². The third-order valence-corrected chi connectivity index (χ3v) is 3.17. The van der Waals surface area contributed by atoms with E-state index in [1.807, 2.05) is 0 Å². The minimum absolute atomic E-state index is 0.117. The van der Waals surface area contributed by atoms with Gasteiger partial charge in [0, 0.05) is 12.1 Å². The van der Waals surface area contributed by atoms with Gasteiger partial charge in [0.2, 0.25) is 0 Å². The van der Waals surface area contributed by atoms with Crippen molar-refractivity contribution in [2.45, 2.75) is 19.0 Å². The van der Waals surface area contributed by atoms with Gasteiger partial charge < -0.3 is 10.6 Å². The smallest absolute Gasteiger partial charge is 0.0491 e. The highest BCUT2D eigenvalue weighted by Crippen LogP contribution is 2.25. The van der Waals surface area contributed by atoms with Gasteiger partial charge in [0.1, 0.15) is 0 Å². The van der Waals surface area contributed by atoms with Gasteiger partial charge in [0.25, 0.3) is 0 Å². The van der Waals surface area contributed by atoms with E-state index in [2.05, 4.69) is 68.4 Å². The second kappa shape index (κ2) is 4.86. The summed E-state index contributed by atoms with van der Waals surface area (Å²) in [6.07, 6.45) is 0. The van der Waals surface area contributed by atoms with Crippen molar-refractivity contribution in [3.8, 4) is 0 Å². The van der Waals surface area contributed by atoms with Crippen LogP contribution in [0, 0.1) is 0 Å². The SMILES string of the molecule is CC(N)C(c1ccc2ccccc2c1)N(C)C. The molecule has 2 aromatic rings. The minimum Gasteiger partial charge on any atom is -0.326 e. The highest BCUT2D eigenvalue weighted by Gasteiger charge is 2.18. The number of benzene rings is 2. The monoisotopic (exact) mass is 228 g/mol. The maximum absolute atomic E-state index is 6.07. The lowest BCUT2D eigenvalue weighted by Crippen LogP contribution is -2.34. The molecule has 17 heavy (non-hydrogen) atoms. The van der Waals surface area contributed by atoms with Crippen LogP contribution in [0.15, 0.2) is 42.5 Å². The number of nitrogens with zero attached hydrogens (tertiary/aromatic N) is 1. The van der Waals surface area contributed by atoms with E-state index < -0.39 is 0 Å². The Morgan fingerprint density at radius 1 is 1.00 bits per heavy atom. The number of hydrogen-bond donors (Lipinski definition) is 1. The van der Waals surface area contributed by atoms with Gasteiger partial charge in [-0.3, -0.25) is 0 Å². The zero-order valence-electron chi connectivity index (χ0n) is 10.7. The van der Waals surface area contributed by atoms with Gasteiger partial charge in [0.15, 0.2) is 0 Å². The van der Waals surface area contributed by atoms with Gasteiger partial charge in [0.05, 0.1) is 0 Å². The average molecular weight is 228 g/mol. The van der Waals surface area contributed by atoms with E-state index in [4.69, 9.17) is 5.73 Å². The van der Waals surface area contributed by atoms with Crippen LogP contribution in [-0.2, 0) is 0 Å². The molecule has 0 aliphatic heterocycles. The Bertz CT molecular complexity index is 495. The first-order valence-electron chi connectivity index (χ1n) is 6.00. The highest BCUT2D eigenvalue weighted by atomic mass is 15.1. The van der Waals surface area contributed by atoms with Crippen molar-refractivity contribution >= 4 is 10.8 Å². The van der Waals surface area contributed by atoms with Crippen molar-refractivity contribution in [1.29, 1.82) is 0 Å². The van der Waals surface area contributed by atoms with Crippen LogP contribution in [-0.4, -0.2) is 25.0 Å². The molecular weight excluding hydrogens is 208 g/mol. The molecule has 0 aromatic heterocycles. The summed E-state index contributed by atoms with van der Waals surface area (Å²) >= 11 is 0. The molecule has 2 rings (SSSR count). The van der Waals surface area contributed by atoms with Crippen molar-refractivity contribution in [3.05, 3.63) is 48.0 Å². The lowest BCUT2D eigenvalue weighted by molar-refractivity contribution is 0.266. The molecule has 0 saturated heterocycles. The van der Waals surface area contributed by atoms with E-state index in [1.54, 1.807) is 0 Å². The van der Waals surface area contributed by atoms with E-state index in [9.17, 15) is 0 Å². The first-order valence-corrected chi connectivity index (χ1v) is 6.00. The molecule has 0 spiro atoms. The maximum Gasteiger partial charge on any atom is 0.0491 e. The molecule has 0 fully saturated rings. The number of nitrogens with two attached hydrogens (primary N) is 1. The fourth-order valence-electron chi connectivity index (χ4n) is 2.46. The third-order valence-electron chi connectivity index (χ3n) is 3.17. The molecule has 2 unspecified atom stereocenters. The molecule has 90 valence electrons. The fourth-order valence-corrected chi connectivity index (χ4v) is 2.46. The molecule has 0 aliphatic carbocycles. The van der Waals surface area contributed by atoms with Crippen LogP contribution < -0.4 is 5.73 Å². The summed E-state index contributed by atoms with van der Waals surface area (Å²) in [4.78, 5) is 2.18. The van der Waals surface area contributed by atoms with Crippen molar-refractivity contribution in [2.75, 3.05) is 14.1 Å². The molecule has 2 atom stereocenters. The summed E-state index contributed by atoms with van der Waals surface area (Å²) in [5.74, 6) is 0. The Morgan fingerprint density at radius 2 is 1.65 bits per heavy atom. The number of hydrogen-bond acceptors (Lipinski definition) is 2. The van der Waals surface area contributed by atoms with Crippen LogP contribution in [0.1, 0.15) is 18.5 Å². The van der Waals surface area contributed by atoms with Crippen LogP contribution in [0.25, 0.3) is 10.8 Å². The number of fused-ring (bicyclic) bond motifs is 1. The first kappa shape index (κ1) is 12.1. The van der Waals surface area contributed by atoms with Crippen LogP contribution in [0.2, 0.25) is 0 Å². The number of rotatable bonds is 3. The Kier molecular flexibility index (Phi) is 3.46. The van der Waals surface area contributed by atoms with Crippen LogP contribution in [0.3, 0.4) is 0 Å². The Morgan fingerprint density at radius 3 is 2.24 bits per heavy atom. The van der Waals surface area contributed by atoms with E-state index in [0.717, 1.165) is 0 Å². The Hall–Kier alpha value is -1.38. The van der Waals surface area contributed by atoms with E-state index in [-0.39, 0.29) is 12.1 Å². The minimum atomic E-state index is 0.117. The van der Waals surface area contributed by atoms with Gasteiger partial charge in [-0.05, 0) is 43.4 Å². The molecule has 0 bridgehead atoms. The van der Waals surface area contributed by atoms with Gasteiger partial charge in [-0.15, -0.1) is 0 Å². The summed E-state index contributed by atoms with van der Waals surface area (Å²) in [7, 11) is 4.15. The van der Waals surface area contributed by atoms with Crippen molar-refractivity contribution in [2.24, 2.45) is 5.73 Å². The zero-order valence-corrected chi connectivity index (χ0v) is 10.7. The number of likely N-dealkylation sites (N-methyl/N-ethyl adjacent to an activating group) is 1. The predicted molar refractivity (Wildman–Crippen MR) is 74.0 cm³/mol. The molecule has 0 radical (unpaired) electrons. The normalized spacial score (nSPS) is 15.1. The van der Waals surface area contributed by atoms with Crippen LogP contribution in [0.5, 0.6) is 0 Å². The molecule has 0 aliphatic rings. The molecule has 2 N–H and O–H groups in total. The average Bonchev–Trinajstić information content (AvgIpc) is 2.28. The first-order chi connectivity index (χ1) is 8.09. The Balaban J connectivity index is 2.47. The highest BCUT2D eigenvalue weighted by molar-refractivity contribution is 5.83. The van der Waals surface area contributed by atoms with Gasteiger partial charge in [-0.2, -0.15) is 0 Å². The maximum atomic E-state index is 6.07. The van der Waals surface area contributed by atoms with Gasteiger partial charge in [-0.1, -0.05) is 36.4 Å². The lowest BCUT2D eigenvalue weighted by atomic mass is 9.97. The summed E-state index contributed by atoms with van der Waals surface area (Å²) in [6.45, 7) is 2.06. The molecule has 0 heterocycles. The fraction of sp³-hybridized carbons (Fsp3) is 0.333. The standard InChI is InChI=1S/C15H20N2/c1-11(16)15(17(2)3)14-9-8-12-6-4-5-7-13(12)10-14/h4-11,15H,16H2,1-3H3. The topological polar surface area (TPSA) is 29.3 Å². The van der Waals surface area contributed by atoms with Crippen molar-refractivity contribution in [3.63, 3.8) is 0 Å². The molecule has 2 aromatic carbocycles. The zero-order chi connectivity index (χ0) is 12.4. The van der Waals surface area contributed by atoms with Crippen LogP contribution in [0.4, 0.5) is 0 Å².